The molecule has 24 heavy (non-hydrogen) atoms. The molecule has 0 fully saturated rings. The van der Waals surface area contributed by atoms with Crippen LogP contribution in [0.15, 0.2) is 63.8 Å². The van der Waals surface area contributed by atoms with Crippen LogP contribution in [-0.4, -0.2) is 5.97 Å². The first kappa shape index (κ1) is 16.0. The van der Waals surface area contributed by atoms with E-state index in [0.717, 1.165) is 5.56 Å². The Labute approximate surface area is 139 Å². The summed E-state index contributed by atoms with van der Waals surface area (Å²) in [6, 6.07) is 15.8. The van der Waals surface area contributed by atoms with Gasteiger partial charge >= 0.3 is 11.6 Å². The van der Waals surface area contributed by atoms with Crippen molar-refractivity contribution in [1.29, 1.82) is 0 Å². The molecular formula is C20H18O4. The van der Waals surface area contributed by atoms with Crippen molar-refractivity contribution in [3.05, 3.63) is 76.1 Å². The minimum Gasteiger partial charge on any atom is -0.423 e. The van der Waals surface area contributed by atoms with Crippen LogP contribution in [0.1, 0.15) is 36.7 Å². The predicted molar refractivity (Wildman–Crippen MR) is 92.6 cm³/mol. The fourth-order valence-electron chi connectivity index (χ4n) is 2.39. The van der Waals surface area contributed by atoms with Crippen LogP contribution in [0.2, 0.25) is 0 Å². The van der Waals surface area contributed by atoms with Gasteiger partial charge in [0.25, 0.3) is 0 Å². The molecule has 3 aromatic rings. The molecular weight excluding hydrogens is 304 g/mol. The second-order valence-electron chi connectivity index (χ2n) is 6.65. The molecule has 2 aromatic carbocycles. The molecule has 3 rings (SSSR count). The molecule has 0 radical (unpaired) electrons. The van der Waals surface area contributed by atoms with Gasteiger partial charge in [-0.05, 0) is 35.2 Å². The van der Waals surface area contributed by atoms with Gasteiger partial charge in [-0.2, -0.15) is 0 Å². The summed E-state index contributed by atoms with van der Waals surface area (Å²) in [5, 5.41) is 0.673. The zero-order valence-electron chi connectivity index (χ0n) is 13.8. The van der Waals surface area contributed by atoms with Crippen LogP contribution < -0.4 is 10.4 Å². The zero-order valence-corrected chi connectivity index (χ0v) is 13.8. The lowest BCUT2D eigenvalue weighted by Crippen LogP contribution is -2.18. The number of hydrogen-bond acceptors (Lipinski definition) is 4. The first-order valence-corrected chi connectivity index (χ1v) is 7.70. The molecule has 0 bridgehead atoms. The molecule has 0 unspecified atom stereocenters. The lowest BCUT2D eigenvalue weighted by atomic mass is 9.87. The summed E-state index contributed by atoms with van der Waals surface area (Å²) in [5.74, 6) is -0.335. The van der Waals surface area contributed by atoms with E-state index in [0.29, 0.717) is 16.7 Å². The largest absolute Gasteiger partial charge is 0.423 e. The lowest BCUT2D eigenvalue weighted by molar-refractivity contribution is 0.0730. The molecule has 4 nitrogen and oxygen atoms in total. The van der Waals surface area contributed by atoms with E-state index in [-0.39, 0.29) is 11.0 Å². The average molecular weight is 322 g/mol. The van der Waals surface area contributed by atoms with Gasteiger partial charge < -0.3 is 9.15 Å². The molecule has 0 saturated heterocycles. The third-order valence-corrected chi connectivity index (χ3v) is 3.79. The standard InChI is InChI=1S/C20H18O4/c1-20(2,3)14-8-10-15(11-9-14)23-18(21)16-12-13-6-4-5-7-17(13)24-19(16)22/h4-12H,1-3H3. The van der Waals surface area contributed by atoms with Crippen LogP contribution in [-0.2, 0) is 5.41 Å². The monoisotopic (exact) mass is 322 g/mol. The number of para-hydroxylation sites is 1. The van der Waals surface area contributed by atoms with Crippen molar-refractivity contribution in [1.82, 2.24) is 0 Å². The number of carbonyl (C=O) groups is 1. The van der Waals surface area contributed by atoms with Crippen molar-refractivity contribution in [3.63, 3.8) is 0 Å². The first-order chi connectivity index (χ1) is 11.3. The Morgan fingerprint density at radius 1 is 1.00 bits per heavy atom. The molecule has 0 aliphatic rings. The number of ether oxygens (including phenoxy) is 1. The third-order valence-electron chi connectivity index (χ3n) is 3.79. The second kappa shape index (κ2) is 5.96. The number of carbonyl (C=O) groups excluding carboxylic acids is 1. The van der Waals surface area contributed by atoms with Crippen molar-refractivity contribution >= 4 is 16.9 Å². The Morgan fingerprint density at radius 2 is 1.67 bits per heavy atom. The topological polar surface area (TPSA) is 56.5 Å². The molecule has 4 heteroatoms. The minimum absolute atomic E-state index is 0.0158. The lowest BCUT2D eigenvalue weighted by Gasteiger charge is -2.18. The SMILES string of the molecule is CC(C)(C)c1ccc(OC(=O)c2cc3ccccc3oc2=O)cc1. The Kier molecular flexibility index (Phi) is 3.97. The Bertz CT molecular complexity index is 944. The predicted octanol–water partition coefficient (Wildman–Crippen LogP) is 4.31. The van der Waals surface area contributed by atoms with Gasteiger partial charge in [0.2, 0.25) is 0 Å². The van der Waals surface area contributed by atoms with Gasteiger partial charge in [-0.1, -0.05) is 51.1 Å². The molecule has 1 heterocycles. The van der Waals surface area contributed by atoms with E-state index in [1.54, 1.807) is 30.3 Å². The van der Waals surface area contributed by atoms with Gasteiger partial charge in [-0.15, -0.1) is 0 Å². The van der Waals surface area contributed by atoms with E-state index in [9.17, 15) is 9.59 Å². The third kappa shape index (κ3) is 3.23. The summed E-state index contributed by atoms with van der Waals surface area (Å²) in [4.78, 5) is 24.3. The first-order valence-electron chi connectivity index (χ1n) is 7.70. The van der Waals surface area contributed by atoms with Crippen LogP contribution in [0.4, 0.5) is 0 Å². The average Bonchev–Trinajstić information content (AvgIpc) is 2.53. The Balaban J connectivity index is 1.87. The highest BCUT2D eigenvalue weighted by Gasteiger charge is 2.17. The number of fused-ring (bicyclic) bond motifs is 1. The van der Waals surface area contributed by atoms with E-state index >= 15 is 0 Å². The van der Waals surface area contributed by atoms with Crippen molar-refractivity contribution in [3.8, 4) is 5.75 Å². The van der Waals surface area contributed by atoms with Gasteiger partial charge in [-0.3, -0.25) is 0 Å². The fourth-order valence-corrected chi connectivity index (χ4v) is 2.39. The van der Waals surface area contributed by atoms with Gasteiger partial charge in [0.1, 0.15) is 16.9 Å². The van der Waals surface area contributed by atoms with Gasteiger partial charge in [0.15, 0.2) is 0 Å². The van der Waals surface area contributed by atoms with Crippen molar-refractivity contribution in [2.45, 2.75) is 26.2 Å². The number of esters is 1. The van der Waals surface area contributed by atoms with Crippen molar-refractivity contribution in [2.75, 3.05) is 0 Å². The molecule has 1 aromatic heterocycles. The quantitative estimate of drug-likeness (QED) is 0.401. The van der Waals surface area contributed by atoms with Crippen LogP contribution in [0, 0.1) is 0 Å². The van der Waals surface area contributed by atoms with E-state index in [4.69, 9.17) is 9.15 Å². The molecule has 0 spiro atoms. The molecule has 0 atom stereocenters. The highest BCUT2D eigenvalue weighted by atomic mass is 16.5. The van der Waals surface area contributed by atoms with E-state index < -0.39 is 11.6 Å². The highest BCUT2D eigenvalue weighted by molar-refractivity contribution is 5.94. The van der Waals surface area contributed by atoms with Crippen molar-refractivity contribution in [2.24, 2.45) is 0 Å². The minimum atomic E-state index is -0.724. The molecule has 0 aliphatic heterocycles. The zero-order chi connectivity index (χ0) is 17.3. The normalized spacial score (nSPS) is 11.5. The maximum atomic E-state index is 12.3. The van der Waals surface area contributed by atoms with E-state index in [2.05, 4.69) is 20.8 Å². The second-order valence-corrected chi connectivity index (χ2v) is 6.65. The maximum Gasteiger partial charge on any atom is 0.351 e. The Morgan fingerprint density at radius 3 is 2.33 bits per heavy atom. The highest BCUT2D eigenvalue weighted by Crippen LogP contribution is 2.24. The van der Waals surface area contributed by atoms with Crippen LogP contribution in [0.25, 0.3) is 11.0 Å². The molecule has 0 N–H and O–H groups in total. The van der Waals surface area contributed by atoms with Crippen LogP contribution >= 0.6 is 0 Å². The van der Waals surface area contributed by atoms with Crippen LogP contribution in [0.3, 0.4) is 0 Å². The summed E-state index contributed by atoms with van der Waals surface area (Å²) in [6.07, 6.45) is 0. The summed E-state index contributed by atoms with van der Waals surface area (Å²) in [7, 11) is 0. The Hall–Kier alpha value is -2.88. The molecule has 0 aliphatic carbocycles. The number of benzene rings is 2. The smallest absolute Gasteiger partial charge is 0.351 e. The molecule has 0 amide bonds. The molecule has 0 saturated carbocycles. The van der Waals surface area contributed by atoms with Gasteiger partial charge in [0, 0.05) is 5.39 Å². The summed E-state index contributed by atoms with van der Waals surface area (Å²) < 4.78 is 10.5. The summed E-state index contributed by atoms with van der Waals surface area (Å²) in [5.41, 5.74) is 0.766. The van der Waals surface area contributed by atoms with Crippen LogP contribution in [0.5, 0.6) is 5.75 Å². The maximum absolute atomic E-state index is 12.3. The summed E-state index contributed by atoms with van der Waals surface area (Å²) >= 11 is 0. The summed E-state index contributed by atoms with van der Waals surface area (Å²) in [6.45, 7) is 6.32. The van der Waals surface area contributed by atoms with E-state index in [1.165, 1.54) is 6.07 Å². The molecule has 122 valence electrons. The van der Waals surface area contributed by atoms with Gasteiger partial charge in [-0.25, -0.2) is 9.59 Å². The number of rotatable bonds is 2. The van der Waals surface area contributed by atoms with E-state index in [1.807, 2.05) is 18.2 Å². The number of hydrogen-bond donors (Lipinski definition) is 0. The van der Waals surface area contributed by atoms with Crippen molar-refractivity contribution < 1.29 is 13.9 Å². The van der Waals surface area contributed by atoms with Gasteiger partial charge in [0.05, 0.1) is 0 Å². The fraction of sp³-hybridized carbons (Fsp3) is 0.200.